The van der Waals surface area contributed by atoms with Gasteiger partial charge in [0, 0.05) is 5.56 Å². The van der Waals surface area contributed by atoms with Crippen LogP contribution in [0.4, 0.5) is 17.6 Å². The van der Waals surface area contributed by atoms with Crippen molar-refractivity contribution >= 4 is 15.9 Å². The summed E-state index contributed by atoms with van der Waals surface area (Å²) < 4.78 is 55.4. The summed E-state index contributed by atoms with van der Waals surface area (Å²) in [7, 11) is 0. The minimum Gasteiger partial charge on any atom is -0.406 e. The molecule has 0 aliphatic rings. The smallest absolute Gasteiger partial charge is 0.406 e. The predicted molar refractivity (Wildman–Crippen MR) is 72.0 cm³/mol. The van der Waals surface area contributed by atoms with Crippen LogP contribution in [0.5, 0.6) is 5.75 Å². The molecule has 0 fully saturated rings. The Morgan fingerprint density at radius 3 is 2.65 bits per heavy atom. The van der Waals surface area contributed by atoms with Gasteiger partial charge in [-0.2, -0.15) is 0 Å². The van der Waals surface area contributed by atoms with Gasteiger partial charge < -0.3 is 14.9 Å². The summed E-state index contributed by atoms with van der Waals surface area (Å²) in [6.45, 7) is -0.361. The Kier molecular flexibility index (Phi) is 5.22. The fourth-order valence-corrected chi connectivity index (χ4v) is 2.23. The van der Waals surface area contributed by atoms with Crippen LogP contribution in [0.1, 0.15) is 17.5 Å². The first kappa shape index (κ1) is 17.6. The van der Waals surface area contributed by atoms with Crippen molar-refractivity contribution in [3.63, 3.8) is 0 Å². The van der Waals surface area contributed by atoms with Crippen LogP contribution < -0.4 is 4.74 Å². The van der Waals surface area contributed by atoms with Crippen molar-refractivity contribution in [3.05, 3.63) is 40.1 Å². The van der Waals surface area contributed by atoms with Crippen LogP contribution in [0.3, 0.4) is 0 Å². The van der Waals surface area contributed by atoms with E-state index in [0.717, 1.165) is 22.9 Å². The van der Waals surface area contributed by atoms with Crippen molar-refractivity contribution in [2.45, 2.75) is 19.0 Å². The molecule has 11 heteroatoms. The molecule has 0 amide bonds. The maximum atomic E-state index is 13.8. The number of aliphatic hydroxyl groups is 2. The van der Waals surface area contributed by atoms with Crippen LogP contribution in [-0.2, 0) is 6.54 Å². The van der Waals surface area contributed by atoms with Crippen LogP contribution in [-0.4, -0.2) is 37.9 Å². The normalized spacial score (nSPS) is 13.2. The van der Waals surface area contributed by atoms with Gasteiger partial charge in [0.2, 0.25) is 4.73 Å². The number of hydrogen-bond acceptors (Lipinski definition) is 5. The Labute approximate surface area is 135 Å². The van der Waals surface area contributed by atoms with Crippen LogP contribution >= 0.6 is 15.9 Å². The van der Waals surface area contributed by atoms with Gasteiger partial charge in [0.1, 0.15) is 17.7 Å². The van der Waals surface area contributed by atoms with Gasteiger partial charge >= 0.3 is 6.36 Å². The molecule has 0 radical (unpaired) electrons. The SMILES string of the molecule is OCCn1nc(Br)nc1C(O)c1cc(OC(F)(F)F)ccc1F. The highest BCUT2D eigenvalue weighted by Gasteiger charge is 2.32. The molecule has 0 aliphatic heterocycles. The van der Waals surface area contributed by atoms with Crippen LogP contribution in [0.2, 0.25) is 0 Å². The zero-order valence-corrected chi connectivity index (χ0v) is 12.8. The van der Waals surface area contributed by atoms with E-state index in [9.17, 15) is 22.7 Å². The lowest BCUT2D eigenvalue weighted by Gasteiger charge is -2.15. The Hall–Kier alpha value is -1.72. The maximum absolute atomic E-state index is 13.8. The number of ether oxygens (including phenoxy) is 1. The number of benzene rings is 1. The molecule has 1 aromatic carbocycles. The number of nitrogens with zero attached hydrogens (tertiary/aromatic N) is 3. The third-order valence-electron chi connectivity index (χ3n) is 2.73. The highest BCUT2D eigenvalue weighted by atomic mass is 79.9. The van der Waals surface area contributed by atoms with Gasteiger partial charge in [-0.05, 0) is 34.1 Å². The zero-order chi connectivity index (χ0) is 17.2. The lowest BCUT2D eigenvalue weighted by atomic mass is 10.1. The second kappa shape index (κ2) is 6.81. The van der Waals surface area contributed by atoms with Gasteiger partial charge in [0.05, 0.1) is 13.2 Å². The minimum absolute atomic E-state index is 0.0364. The molecule has 0 bridgehead atoms. The first-order chi connectivity index (χ1) is 10.7. The van der Waals surface area contributed by atoms with Crippen molar-refractivity contribution in [2.24, 2.45) is 0 Å². The Morgan fingerprint density at radius 1 is 1.35 bits per heavy atom. The molecule has 1 unspecified atom stereocenters. The standard InChI is InChI=1S/C12H10BrF4N3O3/c13-11-18-10(20(19-11)3-4-21)9(22)7-5-6(1-2-8(7)14)23-12(15,16)17/h1-2,5,9,21-22H,3-4H2. The molecule has 0 saturated carbocycles. The Bertz CT molecular complexity index is 693. The van der Waals surface area contributed by atoms with E-state index in [1.807, 2.05) is 0 Å². The third-order valence-corrected chi connectivity index (χ3v) is 3.06. The molecule has 2 aromatic rings. The Morgan fingerprint density at radius 2 is 2.04 bits per heavy atom. The van der Waals surface area contributed by atoms with E-state index >= 15 is 0 Å². The molecule has 1 atom stereocenters. The van der Waals surface area contributed by atoms with Crippen molar-refractivity contribution < 1.29 is 32.5 Å². The van der Waals surface area contributed by atoms with Crippen LogP contribution in [0.15, 0.2) is 22.9 Å². The molecule has 2 rings (SSSR count). The van der Waals surface area contributed by atoms with Crippen molar-refractivity contribution in [3.8, 4) is 5.75 Å². The monoisotopic (exact) mass is 399 g/mol. The van der Waals surface area contributed by atoms with Crippen molar-refractivity contribution in [2.75, 3.05) is 6.61 Å². The molecule has 2 N–H and O–H groups in total. The van der Waals surface area contributed by atoms with Gasteiger partial charge in [-0.15, -0.1) is 18.3 Å². The molecule has 1 heterocycles. The third kappa shape index (κ3) is 4.39. The number of rotatable bonds is 5. The molecule has 1 aromatic heterocycles. The average Bonchev–Trinajstić information content (AvgIpc) is 2.80. The average molecular weight is 400 g/mol. The molecule has 0 aliphatic carbocycles. The highest BCUT2D eigenvalue weighted by molar-refractivity contribution is 9.10. The number of alkyl halides is 3. The number of halogens is 5. The summed E-state index contributed by atoms with van der Waals surface area (Å²) in [5, 5.41) is 23.0. The first-order valence-electron chi connectivity index (χ1n) is 6.15. The summed E-state index contributed by atoms with van der Waals surface area (Å²) in [6, 6.07) is 2.24. The summed E-state index contributed by atoms with van der Waals surface area (Å²) in [4.78, 5) is 3.83. The van der Waals surface area contributed by atoms with Crippen LogP contribution in [0.25, 0.3) is 0 Å². The van der Waals surface area contributed by atoms with Gasteiger partial charge in [-0.25, -0.2) is 14.1 Å². The van der Waals surface area contributed by atoms with E-state index in [2.05, 4.69) is 30.7 Å². The number of hydrogen-bond donors (Lipinski definition) is 2. The maximum Gasteiger partial charge on any atom is 0.573 e. The highest BCUT2D eigenvalue weighted by Crippen LogP contribution is 2.30. The molecule has 126 valence electrons. The minimum atomic E-state index is -4.94. The quantitative estimate of drug-likeness (QED) is 0.753. The summed E-state index contributed by atoms with van der Waals surface area (Å²) in [5.41, 5.74) is -0.467. The summed E-state index contributed by atoms with van der Waals surface area (Å²) >= 11 is 2.96. The molecule has 23 heavy (non-hydrogen) atoms. The second-order valence-corrected chi connectivity index (χ2v) is 5.03. The van der Waals surface area contributed by atoms with E-state index in [-0.39, 0.29) is 23.7 Å². The molecule has 0 spiro atoms. The lowest BCUT2D eigenvalue weighted by molar-refractivity contribution is -0.274. The Balaban J connectivity index is 2.38. The molecular weight excluding hydrogens is 390 g/mol. The van der Waals surface area contributed by atoms with Gasteiger partial charge in [-0.3, -0.25) is 0 Å². The fourth-order valence-electron chi connectivity index (χ4n) is 1.85. The fraction of sp³-hybridized carbons (Fsp3) is 0.333. The summed E-state index contributed by atoms with van der Waals surface area (Å²) in [6.07, 6.45) is -6.64. The topological polar surface area (TPSA) is 80.4 Å². The van der Waals surface area contributed by atoms with Crippen molar-refractivity contribution in [1.82, 2.24) is 14.8 Å². The second-order valence-electron chi connectivity index (χ2n) is 4.32. The van der Waals surface area contributed by atoms with Gasteiger partial charge in [0.25, 0.3) is 0 Å². The summed E-state index contributed by atoms with van der Waals surface area (Å²) in [5.74, 6) is -1.77. The molecular formula is C12H10BrF4N3O3. The predicted octanol–water partition coefficient (Wildman–Crippen LogP) is 2.15. The molecule has 6 nitrogen and oxygen atoms in total. The molecule has 0 saturated heterocycles. The zero-order valence-electron chi connectivity index (χ0n) is 11.3. The van der Waals surface area contributed by atoms with Gasteiger partial charge in [-0.1, -0.05) is 0 Å². The van der Waals surface area contributed by atoms with E-state index in [1.54, 1.807) is 0 Å². The number of aliphatic hydroxyl groups excluding tert-OH is 2. The van der Waals surface area contributed by atoms with Gasteiger partial charge in [0.15, 0.2) is 5.82 Å². The van der Waals surface area contributed by atoms with Crippen molar-refractivity contribution in [1.29, 1.82) is 0 Å². The largest absolute Gasteiger partial charge is 0.573 e. The van der Waals surface area contributed by atoms with E-state index in [4.69, 9.17) is 5.11 Å². The van der Waals surface area contributed by atoms with Crippen LogP contribution in [0, 0.1) is 5.82 Å². The van der Waals surface area contributed by atoms with E-state index in [0.29, 0.717) is 0 Å². The lowest BCUT2D eigenvalue weighted by Crippen LogP contribution is -2.18. The first-order valence-corrected chi connectivity index (χ1v) is 6.95. The van der Waals surface area contributed by atoms with E-state index < -0.39 is 29.6 Å². The van der Waals surface area contributed by atoms with E-state index in [1.165, 1.54) is 0 Å². The number of aromatic nitrogens is 3.